The lowest BCUT2D eigenvalue weighted by atomic mass is 9.82. The van der Waals surface area contributed by atoms with Crippen molar-refractivity contribution in [1.82, 2.24) is 0 Å². The third-order valence-electron chi connectivity index (χ3n) is 6.30. The molecule has 1 spiro atoms. The van der Waals surface area contributed by atoms with E-state index in [4.69, 9.17) is 9.47 Å². The van der Waals surface area contributed by atoms with Crippen molar-refractivity contribution in [2.45, 2.75) is 44.1 Å². The fraction of sp³-hybridized carbons (Fsp3) is 0.333. The number of amides is 1. The highest BCUT2D eigenvalue weighted by Gasteiger charge is 2.57. The maximum absolute atomic E-state index is 13.6. The van der Waals surface area contributed by atoms with E-state index in [1.807, 2.05) is 53.4 Å². The molecule has 5 rings (SSSR count). The van der Waals surface area contributed by atoms with Gasteiger partial charge in [0.15, 0.2) is 0 Å². The maximum atomic E-state index is 13.6. The first-order valence-electron chi connectivity index (χ1n) is 10.3. The second kappa shape index (κ2) is 7.19. The molecular formula is C24H23N3O3. The van der Waals surface area contributed by atoms with Crippen LogP contribution in [0.5, 0.6) is 5.75 Å². The van der Waals surface area contributed by atoms with Crippen LogP contribution in [-0.2, 0) is 4.74 Å². The molecule has 0 radical (unpaired) electrons. The minimum atomic E-state index is -0.613. The van der Waals surface area contributed by atoms with E-state index in [-0.39, 0.29) is 5.91 Å². The summed E-state index contributed by atoms with van der Waals surface area (Å²) in [6.45, 7) is 0. The summed E-state index contributed by atoms with van der Waals surface area (Å²) in [7, 11) is 1.61. The molecule has 2 aromatic rings. The zero-order valence-electron chi connectivity index (χ0n) is 16.9. The van der Waals surface area contributed by atoms with E-state index in [9.17, 15) is 10.1 Å². The molecule has 2 aromatic carbocycles. The van der Waals surface area contributed by atoms with Gasteiger partial charge in [-0.05, 0) is 37.1 Å². The molecular weight excluding hydrogens is 378 g/mol. The Balaban J connectivity index is 1.66. The first-order valence-corrected chi connectivity index (χ1v) is 10.3. The monoisotopic (exact) mass is 401 g/mol. The van der Waals surface area contributed by atoms with Crippen molar-refractivity contribution in [2.24, 2.45) is 0 Å². The zero-order chi connectivity index (χ0) is 20.7. The number of hydrogen-bond donors (Lipinski definition) is 0. The topological polar surface area (TPSA) is 65.8 Å². The van der Waals surface area contributed by atoms with Gasteiger partial charge in [0.25, 0.3) is 5.91 Å². The molecule has 30 heavy (non-hydrogen) atoms. The molecule has 6 heteroatoms. The summed E-state index contributed by atoms with van der Waals surface area (Å²) in [5.74, 6) is 0.528. The van der Waals surface area contributed by atoms with Crippen LogP contribution in [0.2, 0.25) is 0 Å². The fourth-order valence-electron chi connectivity index (χ4n) is 4.90. The molecule has 1 atom stereocenters. The van der Waals surface area contributed by atoms with Crippen LogP contribution in [0.25, 0.3) is 0 Å². The molecule has 0 N–H and O–H groups in total. The predicted octanol–water partition coefficient (Wildman–Crippen LogP) is 4.59. The van der Waals surface area contributed by atoms with Crippen LogP contribution in [0.3, 0.4) is 0 Å². The molecule has 1 amide bonds. The van der Waals surface area contributed by atoms with Crippen molar-refractivity contribution >= 4 is 17.3 Å². The molecule has 2 heterocycles. The van der Waals surface area contributed by atoms with Crippen LogP contribution in [0.4, 0.5) is 11.4 Å². The summed E-state index contributed by atoms with van der Waals surface area (Å²) in [6, 6.07) is 17.1. The Morgan fingerprint density at radius 3 is 2.63 bits per heavy atom. The first-order chi connectivity index (χ1) is 14.7. The van der Waals surface area contributed by atoms with Crippen LogP contribution in [0.1, 0.15) is 42.5 Å². The van der Waals surface area contributed by atoms with Crippen LogP contribution in [0, 0.1) is 11.3 Å². The average molecular weight is 401 g/mol. The number of nitrogens with zero attached hydrogens (tertiary/aromatic N) is 3. The van der Waals surface area contributed by atoms with E-state index < -0.39 is 12.0 Å². The van der Waals surface area contributed by atoms with Crippen molar-refractivity contribution < 1.29 is 14.3 Å². The summed E-state index contributed by atoms with van der Waals surface area (Å²) < 4.78 is 12.1. The number of anilines is 2. The Morgan fingerprint density at radius 2 is 1.93 bits per heavy atom. The number of carbonyl (C=O) groups is 1. The number of allylic oxidation sites excluding steroid dienone is 1. The van der Waals surface area contributed by atoms with Gasteiger partial charge in [-0.1, -0.05) is 37.5 Å². The molecule has 0 aromatic heterocycles. The number of methoxy groups -OCH3 is 1. The van der Waals surface area contributed by atoms with Crippen molar-refractivity contribution in [3.05, 3.63) is 65.9 Å². The van der Waals surface area contributed by atoms with Crippen molar-refractivity contribution in [2.75, 3.05) is 16.9 Å². The smallest absolute Gasteiger partial charge is 0.261 e. The van der Waals surface area contributed by atoms with Gasteiger partial charge in [-0.25, -0.2) is 0 Å². The number of ether oxygens (including phenoxy) is 2. The Kier molecular flexibility index (Phi) is 4.48. The number of carbonyl (C=O) groups excluding carboxylic acids is 1. The lowest BCUT2D eigenvalue weighted by Crippen LogP contribution is -2.44. The van der Waals surface area contributed by atoms with Gasteiger partial charge in [0.05, 0.1) is 30.3 Å². The second-order valence-corrected chi connectivity index (χ2v) is 7.92. The van der Waals surface area contributed by atoms with E-state index >= 15 is 0 Å². The molecule has 0 bridgehead atoms. The van der Waals surface area contributed by atoms with Crippen LogP contribution in [0.15, 0.2) is 60.3 Å². The molecule has 2 fully saturated rings. The lowest BCUT2D eigenvalue weighted by molar-refractivity contribution is -0.0457. The number of nitriles is 1. The third kappa shape index (κ3) is 2.70. The Labute approximate surface area is 175 Å². The predicted molar refractivity (Wildman–Crippen MR) is 113 cm³/mol. The first kappa shape index (κ1) is 18.7. The van der Waals surface area contributed by atoms with Gasteiger partial charge in [0, 0.05) is 17.7 Å². The third-order valence-corrected chi connectivity index (χ3v) is 6.30. The second-order valence-electron chi connectivity index (χ2n) is 7.92. The minimum absolute atomic E-state index is 0.137. The van der Waals surface area contributed by atoms with Crippen LogP contribution in [-0.4, -0.2) is 25.0 Å². The molecule has 152 valence electrons. The number of hydrogen-bond acceptors (Lipinski definition) is 5. The van der Waals surface area contributed by atoms with E-state index in [2.05, 4.69) is 6.07 Å². The van der Waals surface area contributed by atoms with Crippen LogP contribution >= 0.6 is 0 Å². The number of benzene rings is 2. The Hall–Kier alpha value is -3.30. The summed E-state index contributed by atoms with van der Waals surface area (Å²) >= 11 is 0. The average Bonchev–Trinajstić information content (AvgIpc) is 3.25. The fourth-order valence-corrected chi connectivity index (χ4v) is 4.90. The Bertz CT molecular complexity index is 1050. The standard InChI is InChI=1S/C24H23N3O3/c1-29-18-10-11-19-20(16-18)27(22(28)17-8-4-2-5-9-17)23-26(19)21(12-15-25)24(30-23)13-6-3-7-14-24/h2,4-5,8-12,16,23H,3,6-7,13-14H2,1H3/b21-12-. The summed E-state index contributed by atoms with van der Waals surface area (Å²) in [5, 5.41) is 9.53. The van der Waals surface area contributed by atoms with Crippen molar-refractivity contribution in [3.63, 3.8) is 0 Å². The lowest BCUT2D eigenvalue weighted by Gasteiger charge is -2.34. The van der Waals surface area contributed by atoms with Gasteiger partial charge in [0.2, 0.25) is 6.35 Å². The summed E-state index contributed by atoms with van der Waals surface area (Å²) in [5.41, 5.74) is 2.50. The number of rotatable bonds is 2. The van der Waals surface area contributed by atoms with Gasteiger partial charge < -0.3 is 9.47 Å². The highest BCUT2D eigenvalue weighted by Crippen LogP contribution is 2.55. The molecule has 2 aliphatic heterocycles. The van der Waals surface area contributed by atoms with Crippen molar-refractivity contribution in [1.29, 1.82) is 5.26 Å². The van der Waals surface area contributed by atoms with E-state index in [1.165, 1.54) is 0 Å². The van der Waals surface area contributed by atoms with E-state index in [0.717, 1.165) is 49.2 Å². The quantitative estimate of drug-likeness (QED) is 0.689. The highest BCUT2D eigenvalue weighted by molar-refractivity contribution is 6.10. The normalized spacial score (nSPS) is 22.7. The summed E-state index contributed by atoms with van der Waals surface area (Å²) in [6.07, 6.45) is 5.94. The molecule has 3 aliphatic rings. The molecule has 1 unspecified atom stereocenters. The Morgan fingerprint density at radius 1 is 1.17 bits per heavy atom. The van der Waals surface area contributed by atoms with Gasteiger partial charge >= 0.3 is 0 Å². The van der Waals surface area contributed by atoms with Gasteiger partial charge in [0.1, 0.15) is 11.4 Å². The number of fused-ring (bicyclic) bond motifs is 3. The van der Waals surface area contributed by atoms with Gasteiger partial charge in [-0.3, -0.25) is 14.6 Å². The minimum Gasteiger partial charge on any atom is -0.497 e. The molecule has 1 saturated carbocycles. The maximum Gasteiger partial charge on any atom is 0.261 e. The van der Waals surface area contributed by atoms with Gasteiger partial charge in [-0.15, -0.1) is 0 Å². The molecule has 6 nitrogen and oxygen atoms in total. The van der Waals surface area contributed by atoms with Crippen LogP contribution < -0.4 is 14.5 Å². The highest BCUT2D eigenvalue weighted by atomic mass is 16.6. The molecule has 1 aliphatic carbocycles. The zero-order valence-corrected chi connectivity index (χ0v) is 16.9. The van der Waals surface area contributed by atoms with Crippen molar-refractivity contribution in [3.8, 4) is 11.8 Å². The van der Waals surface area contributed by atoms with E-state index in [0.29, 0.717) is 11.3 Å². The molecule has 1 saturated heterocycles. The van der Waals surface area contributed by atoms with E-state index in [1.54, 1.807) is 18.1 Å². The largest absolute Gasteiger partial charge is 0.497 e. The summed E-state index contributed by atoms with van der Waals surface area (Å²) in [4.78, 5) is 17.3. The SMILES string of the molecule is COc1ccc2c(c1)N(C(=O)c1ccccc1)C1OC3(CCCCC3)/C(=C/C#N)N21. The van der Waals surface area contributed by atoms with Gasteiger partial charge in [-0.2, -0.15) is 5.26 Å².